The summed E-state index contributed by atoms with van der Waals surface area (Å²) in [5, 5.41) is 25.5. The molecule has 0 aromatic heterocycles. The van der Waals surface area contributed by atoms with E-state index < -0.39 is 4.92 Å². The average molecular weight is 463 g/mol. The zero-order valence-corrected chi connectivity index (χ0v) is 18.0. The minimum absolute atomic E-state index is 0.0491. The number of carbonyl (C=O) groups is 1. The Morgan fingerprint density at radius 2 is 1.80 bits per heavy atom. The number of phenolic OH excluding ortho intramolecular Hbond substituents is 1. The van der Waals surface area contributed by atoms with E-state index in [1.165, 1.54) is 43.0 Å². The Labute approximate surface area is 187 Å². The first-order valence-corrected chi connectivity index (χ1v) is 10.3. The molecule has 2 N–H and O–H groups in total. The number of phenols is 1. The number of hydrogen-bond donors (Lipinski definition) is 2. The molecule has 3 aromatic rings. The van der Waals surface area contributed by atoms with E-state index in [-0.39, 0.29) is 40.0 Å². The lowest BCUT2D eigenvalue weighted by atomic mass is 10.1. The second kappa shape index (κ2) is 9.38. The summed E-state index contributed by atoms with van der Waals surface area (Å²) in [6.07, 6.45) is 0. The van der Waals surface area contributed by atoms with Gasteiger partial charge in [0.05, 0.1) is 16.2 Å². The van der Waals surface area contributed by atoms with Gasteiger partial charge >= 0.3 is 0 Å². The van der Waals surface area contributed by atoms with Crippen molar-refractivity contribution < 1.29 is 14.8 Å². The van der Waals surface area contributed by atoms with Gasteiger partial charge in [-0.3, -0.25) is 14.9 Å². The van der Waals surface area contributed by atoms with Crippen LogP contribution in [0.3, 0.4) is 0 Å². The van der Waals surface area contributed by atoms with Crippen LogP contribution in [0.5, 0.6) is 5.75 Å². The van der Waals surface area contributed by atoms with E-state index in [0.717, 1.165) is 9.79 Å². The second-order valence-electron chi connectivity index (χ2n) is 6.36. The standard InChI is InChI=1S/C21H16Cl2N2O4S/c1-12(26)18-9-15(23)10-19(21(18)27)24-11-13-8-16(25(28)29)4-7-20(13)30-17-5-2-14(22)3-6-17/h2-10,24,27H,11H2,1H3. The van der Waals surface area contributed by atoms with Crippen molar-refractivity contribution in [1.82, 2.24) is 0 Å². The maximum Gasteiger partial charge on any atom is 0.269 e. The van der Waals surface area contributed by atoms with Crippen molar-refractivity contribution in [2.24, 2.45) is 0 Å². The van der Waals surface area contributed by atoms with E-state index in [0.29, 0.717) is 10.6 Å². The van der Waals surface area contributed by atoms with Gasteiger partial charge in [-0.15, -0.1) is 0 Å². The van der Waals surface area contributed by atoms with E-state index in [9.17, 15) is 20.0 Å². The molecule has 0 aliphatic rings. The Bertz CT molecular complexity index is 1120. The average Bonchev–Trinajstić information content (AvgIpc) is 2.70. The Balaban J connectivity index is 1.92. The van der Waals surface area contributed by atoms with Crippen molar-refractivity contribution in [3.63, 3.8) is 0 Å². The van der Waals surface area contributed by atoms with Crippen molar-refractivity contribution in [2.75, 3.05) is 5.32 Å². The molecule has 0 amide bonds. The number of nitro benzene ring substituents is 1. The molecule has 0 spiro atoms. The molecule has 0 heterocycles. The minimum atomic E-state index is -0.467. The maximum atomic E-state index is 11.7. The van der Waals surface area contributed by atoms with Crippen LogP contribution in [0.2, 0.25) is 10.0 Å². The van der Waals surface area contributed by atoms with Gasteiger partial charge < -0.3 is 10.4 Å². The van der Waals surface area contributed by atoms with E-state index in [1.807, 2.05) is 12.1 Å². The van der Waals surface area contributed by atoms with Crippen LogP contribution in [0.1, 0.15) is 22.8 Å². The van der Waals surface area contributed by atoms with Gasteiger partial charge in [0.25, 0.3) is 5.69 Å². The van der Waals surface area contributed by atoms with Crippen LogP contribution in [0.15, 0.2) is 64.4 Å². The molecular formula is C21H16Cl2N2O4S. The number of rotatable bonds is 7. The fourth-order valence-corrected chi connectivity index (χ4v) is 4.01. The molecule has 0 unspecified atom stereocenters. The lowest BCUT2D eigenvalue weighted by molar-refractivity contribution is -0.385. The molecule has 0 atom stereocenters. The number of anilines is 1. The number of hydrogen-bond acceptors (Lipinski definition) is 6. The third kappa shape index (κ3) is 5.24. The van der Waals surface area contributed by atoms with Gasteiger partial charge in [-0.25, -0.2) is 0 Å². The van der Waals surface area contributed by atoms with Crippen molar-refractivity contribution in [3.8, 4) is 5.75 Å². The predicted octanol–water partition coefficient (Wildman–Crippen LogP) is 6.57. The van der Waals surface area contributed by atoms with E-state index in [2.05, 4.69) is 5.32 Å². The Morgan fingerprint density at radius 1 is 1.10 bits per heavy atom. The van der Waals surface area contributed by atoms with Crippen molar-refractivity contribution in [2.45, 2.75) is 23.3 Å². The third-order valence-corrected chi connectivity index (χ3v) is 5.82. The second-order valence-corrected chi connectivity index (χ2v) is 8.35. The predicted molar refractivity (Wildman–Crippen MR) is 119 cm³/mol. The van der Waals surface area contributed by atoms with E-state index in [4.69, 9.17) is 23.2 Å². The molecule has 0 bridgehead atoms. The van der Waals surface area contributed by atoms with Gasteiger partial charge in [-0.1, -0.05) is 35.0 Å². The van der Waals surface area contributed by atoms with Crippen LogP contribution in [0.25, 0.3) is 0 Å². The van der Waals surface area contributed by atoms with Gasteiger partial charge in [0.1, 0.15) is 5.75 Å². The number of non-ortho nitro benzene ring substituents is 1. The summed E-state index contributed by atoms with van der Waals surface area (Å²) < 4.78 is 0. The molecule has 6 nitrogen and oxygen atoms in total. The summed E-state index contributed by atoms with van der Waals surface area (Å²) in [4.78, 5) is 24.2. The van der Waals surface area contributed by atoms with Crippen LogP contribution >= 0.6 is 35.0 Å². The van der Waals surface area contributed by atoms with Crippen LogP contribution < -0.4 is 5.32 Å². The first-order chi connectivity index (χ1) is 14.2. The van der Waals surface area contributed by atoms with Crippen LogP contribution in [-0.2, 0) is 6.54 Å². The summed E-state index contributed by atoms with van der Waals surface area (Å²) in [6.45, 7) is 1.50. The van der Waals surface area contributed by atoms with Crippen molar-refractivity contribution in [3.05, 3.63) is 85.9 Å². The van der Waals surface area contributed by atoms with Gasteiger partial charge in [-0.2, -0.15) is 0 Å². The molecule has 0 saturated heterocycles. The number of Topliss-reactive ketones (excluding diaryl/α,β-unsaturated/α-hetero) is 1. The number of nitrogens with one attached hydrogen (secondary N) is 1. The van der Waals surface area contributed by atoms with E-state index in [1.54, 1.807) is 18.2 Å². The molecule has 0 fully saturated rings. The first-order valence-electron chi connectivity index (χ1n) is 8.72. The van der Waals surface area contributed by atoms with Crippen LogP contribution in [0.4, 0.5) is 11.4 Å². The number of carbonyl (C=O) groups excluding carboxylic acids is 1. The Hall–Kier alpha value is -2.74. The molecule has 3 rings (SSSR count). The lowest BCUT2D eigenvalue weighted by Crippen LogP contribution is -2.04. The van der Waals surface area contributed by atoms with Crippen molar-refractivity contribution >= 4 is 52.1 Å². The fourth-order valence-electron chi connectivity index (χ4n) is 2.74. The van der Waals surface area contributed by atoms with Gasteiger partial charge in [0, 0.05) is 38.5 Å². The first kappa shape index (κ1) is 22.0. The molecular weight excluding hydrogens is 447 g/mol. The zero-order chi connectivity index (χ0) is 21.8. The van der Waals surface area contributed by atoms with Gasteiger partial charge in [-0.05, 0) is 55.0 Å². The van der Waals surface area contributed by atoms with Crippen molar-refractivity contribution in [1.29, 1.82) is 0 Å². The zero-order valence-electron chi connectivity index (χ0n) is 15.7. The summed E-state index contributed by atoms with van der Waals surface area (Å²) in [7, 11) is 0. The molecule has 9 heteroatoms. The molecule has 0 saturated carbocycles. The number of ketones is 1. The van der Waals surface area contributed by atoms with Crippen LogP contribution in [-0.4, -0.2) is 15.8 Å². The summed E-state index contributed by atoms with van der Waals surface area (Å²) in [5.41, 5.74) is 0.960. The highest BCUT2D eigenvalue weighted by molar-refractivity contribution is 7.99. The fraction of sp³-hybridized carbons (Fsp3) is 0.0952. The minimum Gasteiger partial charge on any atom is -0.505 e. The summed E-state index contributed by atoms with van der Waals surface area (Å²) in [5.74, 6) is -0.545. The Morgan fingerprint density at radius 3 is 2.43 bits per heavy atom. The normalized spacial score (nSPS) is 10.6. The molecule has 0 aliphatic carbocycles. The molecule has 3 aromatic carbocycles. The Kier molecular flexibility index (Phi) is 6.87. The molecule has 0 aliphatic heterocycles. The largest absolute Gasteiger partial charge is 0.505 e. The smallest absolute Gasteiger partial charge is 0.269 e. The van der Waals surface area contributed by atoms with E-state index >= 15 is 0 Å². The highest BCUT2D eigenvalue weighted by Gasteiger charge is 2.16. The summed E-state index contributed by atoms with van der Waals surface area (Å²) >= 11 is 13.4. The number of halogens is 2. The highest BCUT2D eigenvalue weighted by Crippen LogP contribution is 2.36. The molecule has 154 valence electrons. The summed E-state index contributed by atoms with van der Waals surface area (Å²) in [6, 6.07) is 14.7. The maximum absolute atomic E-state index is 11.7. The van der Waals surface area contributed by atoms with Crippen LogP contribution in [0, 0.1) is 10.1 Å². The number of nitrogens with zero attached hydrogens (tertiary/aromatic N) is 1. The lowest BCUT2D eigenvalue weighted by Gasteiger charge is -2.14. The third-order valence-electron chi connectivity index (χ3n) is 4.22. The number of benzene rings is 3. The highest BCUT2D eigenvalue weighted by atomic mass is 35.5. The van der Waals surface area contributed by atoms with Gasteiger partial charge in [0.15, 0.2) is 5.78 Å². The number of nitro groups is 1. The quantitative estimate of drug-likeness (QED) is 0.178. The SMILES string of the molecule is CC(=O)c1cc(Cl)cc(NCc2cc([N+](=O)[O-])ccc2Sc2ccc(Cl)cc2)c1O. The molecule has 30 heavy (non-hydrogen) atoms. The van der Waals surface area contributed by atoms with Gasteiger partial charge in [0.2, 0.25) is 0 Å². The topological polar surface area (TPSA) is 92.5 Å². The molecule has 0 radical (unpaired) electrons. The monoisotopic (exact) mass is 462 g/mol. The number of aromatic hydroxyl groups is 1.